The standard InChI is InChI=1S/C19H22O2/c1-2-4-9-15(8-3-1)19-20-13-17-16-10-6-5-7-14(16)11-12-18(17)21-19/h5-7,10-12,15,19H,1-4,8-9,13H2. The van der Waals surface area contributed by atoms with Crippen molar-refractivity contribution in [1.29, 1.82) is 0 Å². The van der Waals surface area contributed by atoms with E-state index in [1.54, 1.807) is 0 Å². The Morgan fingerprint density at radius 1 is 0.857 bits per heavy atom. The van der Waals surface area contributed by atoms with Crippen molar-refractivity contribution in [3.05, 3.63) is 42.0 Å². The van der Waals surface area contributed by atoms with Crippen molar-refractivity contribution in [1.82, 2.24) is 0 Å². The summed E-state index contributed by atoms with van der Waals surface area (Å²) < 4.78 is 12.3. The van der Waals surface area contributed by atoms with Crippen LogP contribution in [0.1, 0.15) is 44.1 Å². The third-order valence-corrected chi connectivity index (χ3v) is 4.92. The molecule has 1 atom stereocenters. The molecule has 2 aliphatic rings. The maximum Gasteiger partial charge on any atom is 0.203 e. The second-order valence-electron chi connectivity index (χ2n) is 6.31. The molecule has 1 unspecified atom stereocenters. The van der Waals surface area contributed by atoms with Crippen LogP contribution in [-0.4, -0.2) is 6.29 Å². The normalized spacial score (nSPS) is 23.3. The van der Waals surface area contributed by atoms with E-state index >= 15 is 0 Å². The lowest BCUT2D eigenvalue weighted by Gasteiger charge is -2.32. The Bertz CT molecular complexity index is 626. The molecule has 2 nitrogen and oxygen atoms in total. The highest BCUT2D eigenvalue weighted by atomic mass is 16.7. The van der Waals surface area contributed by atoms with E-state index in [9.17, 15) is 0 Å². The van der Waals surface area contributed by atoms with E-state index in [0.29, 0.717) is 12.5 Å². The topological polar surface area (TPSA) is 18.5 Å². The summed E-state index contributed by atoms with van der Waals surface area (Å²) in [6, 6.07) is 12.7. The monoisotopic (exact) mass is 282 g/mol. The van der Waals surface area contributed by atoms with Gasteiger partial charge in [-0.1, -0.05) is 56.0 Å². The summed E-state index contributed by atoms with van der Waals surface area (Å²) in [6.45, 7) is 0.678. The van der Waals surface area contributed by atoms with Gasteiger partial charge in [-0.25, -0.2) is 0 Å². The number of ether oxygens (including phenoxy) is 2. The number of benzene rings is 2. The summed E-state index contributed by atoms with van der Waals surface area (Å²) in [6.07, 6.45) is 7.81. The van der Waals surface area contributed by atoms with Crippen LogP contribution in [0.4, 0.5) is 0 Å². The smallest absolute Gasteiger partial charge is 0.203 e. The van der Waals surface area contributed by atoms with E-state index in [1.807, 2.05) is 0 Å². The highest BCUT2D eigenvalue weighted by Gasteiger charge is 2.29. The van der Waals surface area contributed by atoms with Crippen molar-refractivity contribution in [3.63, 3.8) is 0 Å². The fraction of sp³-hybridized carbons (Fsp3) is 0.474. The van der Waals surface area contributed by atoms with Gasteiger partial charge < -0.3 is 9.47 Å². The zero-order chi connectivity index (χ0) is 14.1. The predicted octanol–water partition coefficient (Wildman–Crippen LogP) is 5.05. The van der Waals surface area contributed by atoms with Gasteiger partial charge >= 0.3 is 0 Å². The zero-order valence-corrected chi connectivity index (χ0v) is 12.4. The van der Waals surface area contributed by atoms with E-state index in [-0.39, 0.29) is 6.29 Å². The van der Waals surface area contributed by atoms with Gasteiger partial charge in [0, 0.05) is 11.5 Å². The molecule has 1 aliphatic heterocycles. The van der Waals surface area contributed by atoms with Crippen LogP contribution in [0.15, 0.2) is 36.4 Å². The number of hydrogen-bond donors (Lipinski definition) is 0. The van der Waals surface area contributed by atoms with Crippen LogP contribution in [0.5, 0.6) is 5.75 Å². The minimum absolute atomic E-state index is 0.0447. The lowest BCUT2D eigenvalue weighted by Crippen LogP contribution is -2.33. The number of rotatable bonds is 1. The second kappa shape index (κ2) is 5.69. The molecule has 2 aromatic rings. The van der Waals surface area contributed by atoms with Crippen molar-refractivity contribution in [3.8, 4) is 5.75 Å². The Labute approximate surface area is 126 Å². The van der Waals surface area contributed by atoms with Crippen molar-refractivity contribution in [2.45, 2.75) is 51.4 Å². The molecule has 4 rings (SSSR count). The zero-order valence-electron chi connectivity index (χ0n) is 12.4. The fourth-order valence-electron chi connectivity index (χ4n) is 3.72. The van der Waals surface area contributed by atoms with Gasteiger partial charge in [0.25, 0.3) is 0 Å². The van der Waals surface area contributed by atoms with Crippen molar-refractivity contribution in [2.75, 3.05) is 0 Å². The van der Waals surface area contributed by atoms with E-state index in [1.165, 1.54) is 54.9 Å². The third-order valence-electron chi connectivity index (χ3n) is 4.92. The van der Waals surface area contributed by atoms with Crippen LogP contribution in [0, 0.1) is 5.92 Å². The molecule has 0 radical (unpaired) electrons. The molecule has 1 saturated carbocycles. The van der Waals surface area contributed by atoms with Gasteiger partial charge in [0.1, 0.15) is 5.75 Å². The van der Waals surface area contributed by atoms with Crippen LogP contribution in [0.3, 0.4) is 0 Å². The minimum atomic E-state index is -0.0447. The van der Waals surface area contributed by atoms with Crippen molar-refractivity contribution >= 4 is 10.8 Å². The maximum atomic E-state index is 6.21. The largest absolute Gasteiger partial charge is 0.464 e. The first-order valence-corrected chi connectivity index (χ1v) is 8.21. The van der Waals surface area contributed by atoms with Gasteiger partial charge in [0.2, 0.25) is 6.29 Å². The molecule has 0 N–H and O–H groups in total. The van der Waals surface area contributed by atoms with E-state index in [4.69, 9.17) is 9.47 Å². The maximum absolute atomic E-state index is 6.21. The average molecular weight is 282 g/mol. The quantitative estimate of drug-likeness (QED) is 0.682. The number of fused-ring (bicyclic) bond motifs is 3. The van der Waals surface area contributed by atoms with Crippen LogP contribution < -0.4 is 4.74 Å². The first-order valence-electron chi connectivity index (χ1n) is 8.21. The van der Waals surface area contributed by atoms with Crippen LogP contribution in [0.2, 0.25) is 0 Å². The van der Waals surface area contributed by atoms with Crippen molar-refractivity contribution in [2.24, 2.45) is 5.92 Å². The SMILES string of the molecule is c1ccc2c3c(ccc2c1)OC(C1CCCCCC1)OC3. The second-order valence-corrected chi connectivity index (χ2v) is 6.31. The summed E-state index contributed by atoms with van der Waals surface area (Å²) >= 11 is 0. The van der Waals surface area contributed by atoms with Gasteiger partial charge in [0.15, 0.2) is 0 Å². The van der Waals surface area contributed by atoms with Crippen LogP contribution in [-0.2, 0) is 11.3 Å². The molecule has 1 aliphatic carbocycles. The van der Waals surface area contributed by atoms with E-state index in [2.05, 4.69) is 36.4 Å². The summed E-state index contributed by atoms with van der Waals surface area (Å²) in [5.41, 5.74) is 1.21. The molecular formula is C19H22O2. The van der Waals surface area contributed by atoms with Gasteiger partial charge in [-0.05, 0) is 29.7 Å². The Balaban J connectivity index is 1.61. The molecule has 0 aromatic heterocycles. The van der Waals surface area contributed by atoms with Gasteiger partial charge in [-0.2, -0.15) is 0 Å². The predicted molar refractivity (Wildman–Crippen MR) is 84.3 cm³/mol. The molecule has 1 fully saturated rings. The first kappa shape index (κ1) is 13.1. The highest BCUT2D eigenvalue weighted by Crippen LogP contribution is 2.37. The fourth-order valence-corrected chi connectivity index (χ4v) is 3.72. The number of hydrogen-bond acceptors (Lipinski definition) is 2. The molecule has 1 heterocycles. The first-order chi connectivity index (χ1) is 10.4. The lowest BCUT2D eigenvalue weighted by atomic mass is 9.98. The minimum Gasteiger partial charge on any atom is -0.464 e. The van der Waals surface area contributed by atoms with Gasteiger partial charge in [-0.3, -0.25) is 0 Å². The van der Waals surface area contributed by atoms with E-state index in [0.717, 1.165) is 5.75 Å². The summed E-state index contributed by atoms with van der Waals surface area (Å²) in [5.74, 6) is 1.58. The molecule has 0 bridgehead atoms. The highest BCUT2D eigenvalue weighted by molar-refractivity contribution is 5.87. The Hall–Kier alpha value is -1.54. The van der Waals surface area contributed by atoms with Gasteiger partial charge in [-0.15, -0.1) is 0 Å². The van der Waals surface area contributed by atoms with Crippen LogP contribution >= 0.6 is 0 Å². The lowest BCUT2D eigenvalue weighted by molar-refractivity contribution is -0.142. The Kier molecular flexibility index (Phi) is 3.56. The summed E-state index contributed by atoms with van der Waals surface area (Å²) in [7, 11) is 0. The molecular weight excluding hydrogens is 260 g/mol. The van der Waals surface area contributed by atoms with Gasteiger partial charge in [0.05, 0.1) is 6.61 Å². The molecule has 21 heavy (non-hydrogen) atoms. The van der Waals surface area contributed by atoms with Crippen LogP contribution in [0.25, 0.3) is 10.8 Å². The Morgan fingerprint density at radius 3 is 2.52 bits per heavy atom. The molecule has 0 saturated heterocycles. The summed E-state index contributed by atoms with van der Waals surface area (Å²) in [4.78, 5) is 0. The molecule has 2 aromatic carbocycles. The average Bonchev–Trinajstić information content (AvgIpc) is 2.83. The van der Waals surface area contributed by atoms with Crippen molar-refractivity contribution < 1.29 is 9.47 Å². The molecule has 2 heteroatoms. The third kappa shape index (κ3) is 2.53. The van der Waals surface area contributed by atoms with E-state index < -0.39 is 0 Å². The summed E-state index contributed by atoms with van der Waals surface area (Å²) in [5, 5.41) is 2.52. The molecule has 0 spiro atoms. The molecule has 0 amide bonds. The molecule has 110 valence electrons. The Morgan fingerprint density at radius 2 is 1.67 bits per heavy atom.